The molecule has 0 saturated heterocycles. The van der Waals surface area contributed by atoms with Gasteiger partial charge < -0.3 is 5.32 Å². The van der Waals surface area contributed by atoms with Gasteiger partial charge in [0.1, 0.15) is 6.04 Å². The predicted molar refractivity (Wildman–Crippen MR) is 84.5 cm³/mol. The number of fused-ring (bicyclic) bond motifs is 3. The molecule has 3 rings (SSSR count). The lowest BCUT2D eigenvalue weighted by Crippen LogP contribution is -2.39. The minimum absolute atomic E-state index is 0.125. The number of hydrogen-bond donors (Lipinski definition) is 2. The van der Waals surface area contributed by atoms with E-state index in [-0.39, 0.29) is 18.2 Å². The zero-order valence-corrected chi connectivity index (χ0v) is 12.8. The van der Waals surface area contributed by atoms with Crippen LogP contribution in [0.5, 0.6) is 0 Å². The van der Waals surface area contributed by atoms with Gasteiger partial charge >= 0.3 is 0 Å². The molecule has 1 unspecified atom stereocenters. The van der Waals surface area contributed by atoms with E-state index in [4.69, 9.17) is 0 Å². The molecule has 6 heteroatoms. The molecule has 0 radical (unpaired) electrons. The molecule has 1 aliphatic heterocycles. The molecule has 0 fully saturated rings. The summed E-state index contributed by atoms with van der Waals surface area (Å²) < 4.78 is 1.82. The van der Waals surface area contributed by atoms with E-state index in [2.05, 4.69) is 29.5 Å². The van der Waals surface area contributed by atoms with Gasteiger partial charge in [0.05, 0.1) is 17.5 Å². The van der Waals surface area contributed by atoms with Crippen molar-refractivity contribution < 1.29 is 9.59 Å². The van der Waals surface area contributed by atoms with E-state index in [0.717, 1.165) is 17.5 Å². The van der Waals surface area contributed by atoms with Crippen LogP contribution < -0.4 is 10.6 Å². The van der Waals surface area contributed by atoms with Crippen molar-refractivity contribution in [3.8, 4) is 0 Å². The van der Waals surface area contributed by atoms with Crippen LogP contribution in [0.3, 0.4) is 0 Å². The van der Waals surface area contributed by atoms with Crippen LogP contribution in [0.15, 0.2) is 24.3 Å². The molecule has 0 bridgehead atoms. The smallest absolute Gasteiger partial charge is 0.243 e. The van der Waals surface area contributed by atoms with Crippen LogP contribution in [0.25, 0.3) is 11.0 Å². The zero-order valence-electron chi connectivity index (χ0n) is 12.8. The average molecular weight is 300 g/mol. The van der Waals surface area contributed by atoms with E-state index in [0.29, 0.717) is 18.4 Å². The summed E-state index contributed by atoms with van der Waals surface area (Å²) >= 11 is 0. The second kappa shape index (κ2) is 5.79. The van der Waals surface area contributed by atoms with Gasteiger partial charge in [0.15, 0.2) is 0 Å². The zero-order chi connectivity index (χ0) is 15.7. The summed E-state index contributed by atoms with van der Waals surface area (Å²) in [5.74, 6) is 0.674. The summed E-state index contributed by atoms with van der Waals surface area (Å²) in [5.41, 5.74) is 1.64. The first kappa shape index (κ1) is 14.6. The highest BCUT2D eigenvalue weighted by Gasteiger charge is 2.32. The van der Waals surface area contributed by atoms with Gasteiger partial charge in [0.25, 0.3) is 0 Å². The van der Waals surface area contributed by atoms with E-state index in [1.165, 1.54) is 0 Å². The Morgan fingerprint density at radius 2 is 2.23 bits per heavy atom. The number of hydrogen-bond acceptors (Lipinski definition) is 3. The van der Waals surface area contributed by atoms with Gasteiger partial charge in [-0.25, -0.2) is 4.98 Å². The SMILES string of the molecule is CC(C)CCNC(=O)C1CC(=O)Nc2nc3ccccc3n21. The molecule has 1 aromatic heterocycles. The van der Waals surface area contributed by atoms with E-state index in [9.17, 15) is 9.59 Å². The average Bonchev–Trinajstić information content (AvgIpc) is 2.83. The quantitative estimate of drug-likeness (QED) is 0.907. The Balaban J connectivity index is 1.90. The lowest BCUT2D eigenvalue weighted by molar-refractivity contribution is -0.128. The number of rotatable bonds is 4. The Kier molecular flexibility index (Phi) is 3.83. The van der Waals surface area contributed by atoms with Crippen molar-refractivity contribution in [2.75, 3.05) is 11.9 Å². The third-order valence-corrected chi connectivity index (χ3v) is 3.86. The fourth-order valence-corrected chi connectivity index (χ4v) is 2.70. The number of nitrogens with zero attached hydrogens (tertiary/aromatic N) is 2. The summed E-state index contributed by atoms with van der Waals surface area (Å²) in [5, 5.41) is 5.67. The molecule has 1 aromatic carbocycles. The van der Waals surface area contributed by atoms with Crippen molar-refractivity contribution in [2.45, 2.75) is 32.7 Å². The Labute approximate surface area is 128 Å². The maximum atomic E-state index is 12.5. The molecule has 2 N–H and O–H groups in total. The highest BCUT2D eigenvalue weighted by molar-refractivity contribution is 5.99. The third kappa shape index (κ3) is 2.68. The number of aromatic nitrogens is 2. The monoisotopic (exact) mass is 300 g/mol. The summed E-state index contributed by atoms with van der Waals surface area (Å²) in [4.78, 5) is 28.7. The number of carbonyl (C=O) groups excluding carboxylic acids is 2. The molecule has 1 atom stereocenters. The van der Waals surface area contributed by atoms with Gasteiger partial charge in [-0.2, -0.15) is 0 Å². The third-order valence-electron chi connectivity index (χ3n) is 3.86. The second-order valence-electron chi connectivity index (χ2n) is 6.04. The van der Waals surface area contributed by atoms with E-state index < -0.39 is 6.04 Å². The first-order chi connectivity index (χ1) is 10.6. The number of nitrogens with one attached hydrogen (secondary N) is 2. The van der Waals surface area contributed by atoms with Gasteiger partial charge in [-0.15, -0.1) is 0 Å². The molecule has 0 spiro atoms. The minimum atomic E-state index is -0.539. The molecule has 2 aromatic rings. The van der Waals surface area contributed by atoms with Crippen LogP contribution in [0.2, 0.25) is 0 Å². The van der Waals surface area contributed by atoms with Crippen LogP contribution in [-0.4, -0.2) is 27.9 Å². The second-order valence-corrected chi connectivity index (χ2v) is 6.04. The molecule has 0 aliphatic carbocycles. The maximum absolute atomic E-state index is 12.5. The number of para-hydroxylation sites is 2. The van der Waals surface area contributed by atoms with Crippen molar-refractivity contribution >= 4 is 28.8 Å². The number of benzene rings is 1. The largest absolute Gasteiger partial charge is 0.354 e. The molecule has 6 nitrogen and oxygen atoms in total. The van der Waals surface area contributed by atoms with E-state index >= 15 is 0 Å². The molecule has 0 saturated carbocycles. The van der Waals surface area contributed by atoms with E-state index in [1.807, 2.05) is 28.8 Å². The van der Waals surface area contributed by atoms with Crippen LogP contribution in [0, 0.1) is 5.92 Å². The highest BCUT2D eigenvalue weighted by Crippen LogP contribution is 2.30. The topological polar surface area (TPSA) is 76.0 Å². The molecule has 2 heterocycles. The van der Waals surface area contributed by atoms with Gasteiger partial charge in [0, 0.05) is 6.54 Å². The van der Waals surface area contributed by atoms with Gasteiger partial charge in [-0.3, -0.25) is 19.5 Å². The van der Waals surface area contributed by atoms with Crippen molar-refractivity contribution in [3.05, 3.63) is 24.3 Å². The first-order valence-corrected chi connectivity index (χ1v) is 7.61. The van der Waals surface area contributed by atoms with Gasteiger partial charge in [-0.05, 0) is 24.5 Å². The number of anilines is 1. The molecule has 1 aliphatic rings. The van der Waals surface area contributed by atoms with E-state index in [1.54, 1.807) is 0 Å². The predicted octanol–water partition coefficient (Wildman–Crippen LogP) is 2.08. The fourth-order valence-electron chi connectivity index (χ4n) is 2.70. The van der Waals surface area contributed by atoms with Crippen LogP contribution in [-0.2, 0) is 9.59 Å². The lowest BCUT2D eigenvalue weighted by Gasteiger charge is -2.25. The summed E-state index contributed by atoms with van der Waals surface area (Å²) in [6.07, 6.45) is 1.06. The van der Waals surface area contributed by atoms with Crippen LogP contribution >= 0.6 is 0 Å². The molecular formula is C16H20N4O2. The van der Waals surface area contributed by atoms with Crippen molar-refractivity contribution in [3.63, 3.8) is 0 Å². The van der Waals surface area contributed by atoms with Crippen molar-refractivity contribution in [2.24, 2.45) is 5.92 Å². The number of amides is 2. The van der Waals surface area contributed by atoms with Crippen LogP contribution in [0.4, 0.5) is 5.95 Å². The highest BCUT2D eigenvalue weighted by atomic mass is 16.2. The normalized spacial score (nSPS) is 17.4. The standard InChI is InChI=1S/C16H20N4O2/c1-10(2)7-8-17-15(22)13-9-14(21)19-16-18-11-5-3-4-6-12(11)20(13)16/h3-6,10,13H,7-9H2,1-2H3,(H,17,22)(H,18,19,21). The molecule has 22 heavy (non-hydrogen) atoms. The summed E-state index contributed by atoms with van der Waals surface area (Å²) in [6.45, 7) is 4.85. The lowest BCUT2D eigenvalue weighted by atomic mass is 10.1. The summed E-state index contributed by atoms with van der Waals surface area (Å²) in [6, 6.07) is 7.05. The molecular weight excluding hydrogens is 280 g/mol. The fraction of sp³-hybridized carbons (Fsp3) is 0.438. The number of imidazole rings is 1. The Bertz CT molecular complexity index is 720. The van der Waals surface area contributed by atoms with Crippen molar-refractivity contribution in [1.29, 1.82) is 0 Å². The van der Waals surface area contributed by atoms with Gasteiger partial charge in [-0.1, -0.05) is 26.0 Å². The first-order valence-electron chi connectivity index (χ1n) is 7.61. The Morgan fingerprint density at radius 1 is 1.45 bits per heavy atom. The number of carbonyl (C=O) groups is 2. The Hall–Kier alpha value is -2.37. The Morgan fingerprint density at radius 3 is 3.00 bits per heavy atom. The van der Waals surface area contributed by atoms with Crippen LogP contribution in [0.1, 0.15) is 32.7 Å². The molecule has 116 valence electrons. The molecule has 2 amide bonds. The van der Waals surface area contributed by atoms with Gasteiger partial charge in [0.2, 0.25) is 17.8 Å². The maximum Gasteiger partial charge on any atom is 0.243 e. The summed E-state index contributed by atoms with van der Waals surface area (Å²) in [7, 11) is 0. The minimum Gasteiger partial charge on any atom is -0.354 e. The van der Waals surface area contributed by atoms with Crippen molar-refractivity contribution in [1.82, 2.24) is 14.9 Å².